The van der Waals surface area contributed by atoms with Crippen molar-refractivity contribution in [3.05, 3.63) is 53.6 Å². The van der Waals surface area contributed by atoms with Gasteiger partial charge >= 0.3 is 0 Å². The number of rotatable bonds is 3. The van der Waals surface area contributed by atoms with Crippen molar-refractivity contribution in [2.75, 3.05) is 20.7 Å². The molecule has 2 bridgehead atoms. The lowest BCUT2D eigenvalue weighted by Gasteiger charge is -2.60. The number of likely N-dealkylation sites (N-methyl/N-ethyl adjacent to an activating group) is 1. The second-order valence-electron chi connectivity index (χ2n) is 9.13. The van der Waals surface area contributed by atoms with E-state index in [4.69, 9.17) is 9.47 Å². The van der Waals surface area contributed by atoms with Crippen LogP contribution in [-0.2, 0) is 16.6 Å². The second-order valence-corrected chi connectivity index (χ2v) is 9.13. The molecule has 1 saturated heterocycles. The van der Waals surface area contributed by atoms with Crippen LogP contribution in [0.15, 0.2) is 42.5 Å². The molecular formula is C25H29NO3. The minimum Gasteiger partial charge on any atom is -0.493 e. The number of benzene rings is 2. The van der Waals surface area contributed by atoms with E-state index in [1.807, 2.05) is 36.4 Å². The molecule has 0 amide bonds. The molecule has 3 aliphatic rings. The Morgan fingerprint density at radius 1 is 1.10 bits per heavy atom. The minimum absolute atomic E-state index is 0.155. The molecule has 2 fully saturated rings. The van der Waals surface area contributed by atoms with Gasteiger partial charge < -0.3 is 14.4 Å². The van der Waals surface area contributed by atoms with Crippen LogP contribution >= 0.6 is 0 Å². The number of hydrogen-bond acceptors (Lipinski definition) is 4. The van der Waals surface area contributed by atoms with E-state index < -0.39 is 0 Å². The third-order valence-corrected chi connectivity index (χ3v) is 7.52. The predicted molar refractivity (Wildman–Crippen MR) is 113 cm³/mol. The van der Waals surface area contributed by atoms with Crippen molar-refractivity contribution >= 4 is 5.78 Å². The van der Waals surface area contributed by atoms with E-state index in [-0.39, 0.29) is 5.41 Å². The molecule has 0 radical (unpaired) electrons. The van der Waals surface area contributed by atoms with Gasteiger partial charge in [-0.15, -0.1) is 0 Å². The van der Waals surface area contributed by atoms with Gasteiger partial charge in [0.25, 0.3) is 0 Å². The van der Waals surface area contributed by atoms with Gasteiger partial charge in [-0.2, -0.15) is 0 Å². The highest BCUT2D eigenvalue weighted by Crippen LogP contribution is 2.60. The summed E-state index contributed by atoms with van der Waals surface area (Å²) in [6.45, 7) is 3.29. The van der Waals surface area contributed by atoms with Crippen LogP contribution in [0.4, 0.5) is 0 Å². The average molecular weight is 392 g/mol. The minimum atomic E-state index is -0.155. The molecule has 0 spiro atoms. The molecule has 2 aromatic rings. The van der Waals surface area contributed by atoms with E-state index in [1.54, 1.807) is 7.11 Å². The van der Waals surface area contributed by atoms with E-state index in [0.717, 1.165) is 36.6 Å². The maximum atomic E-state index is 12.9. The number of fused-ring (bicyclic) bond motifs is 1. The van der Waals surface area contributed by atoms with E-state index in [0.29, 0.717) is 36.5 Å². The molecule has 1 heterocycles. The number of ether oxygens (including phenoxy) is 2. The quantitative estimate of drug-likeness (QED) is 0.766. The molecule has 4 atom stereocenters. The lowest BCUT2D eigenvalue weighted by Crippen LogP contribution is -2.63. The molecule has 1 saturated carbocycles. The van der Waals surface area contributed by atoms with Crippen LogP contribution in [0, 0.1) is 11.8 Å². The summed E-state index contributed by atoms with van der Waals surface area (Å²) >= 11 is 0. The fourth-order valence-corrected chi connectivity index (χ4v) is 6.47. The lowest BCUT2D eigenvalue weighted by atomic mass is 9.49. The molecule has 29 heavy (non-hydrogen) atoms. The van der Waals surface area contributed by atoms with Crippen molar-refractivity contribution in [3.8, 4) is 17.2 Å². The number of hydrogen-bond donors (Lipinski definition) is 0. The SMILES string of the molecule is COc1ccc2c(c1Oc1ccccc1)[C@@]13CCN(C)[C@H](C2)[C@@H]1[C@H](C)CC(=O)C3. The van der Waals surface area contributed by atoms with Gasteiger partial charge in [-0.1, -0.05) is 31.2 Å². The number of likely N-dealkylation sites (tertiary alicyclic amines) is 1. The highest BCUT2D eigenvalue weighted by molar-refractivity contribution is 5.82. The van der Waals surface area contributed by atoms with Crippen molar-refractivity contribution in [2.45, 2.75) is 44.1 Å². The number of para-hydroxylation sites is 1. The summed E-state index contributed by atoms with van der Waals surface area (Å²) in [5.41, 5.74) is 2.39. The van der Waals surface area contributed by atoms with Gasteiger partial charge in [0, 0.05) is 29.9 Å². The van der Waals surface area contributed by atoms with E-state index in [2.05, 4.69) is 24.9 Å². The fourth-order valence-electron chi connectivity index (χ4n) is 6.47. The van der Waals surface area contributed by atoms with Crippen molar-refractivity contribution in [1.82, 2.24) is 4.90 Å². The van der Waals surface area contributed by atoms with Gasteiger partial charge in [-0.25, -0.2) is 0 Å². The Labute approximate surface area is 172 Å². The molecule has 0 unspecified atom stereocenters. The number of ketones is 1. The summed E-state index contributed by atoms with van der Waals surface area (Å²) < 4.78 is 12.2. The van der Waals surface area contributed by atoms with Crippen LogP contribution in [0.25, 0.3) is 0 Å². The van der Waals surface area contributed by atoms with E-state index >= 15 is 0 Å². The third kappa shape index (κ3) is 2.80. The largest absolute Gasteiger partial charge is 0.493 e. The highest BCUT2D eigenvalue weighted by Gasteiger charge is 2.58. The van der Waals surface area contributed by atoms with Crippen LogP contribution in [0.3, 0.4) is 0 Å². The Balaban J connectivity index is 1.73. The molecule has 4 heteroatoms. The van der Waals surface area contributed by atoms with Crippen molar-refractivity contribution in [1.29, 1.82) is 0 Å². The first kappa shape index (κ1) is 18.7. The van der Waals surface area contributed by atoms with Gasteiger partial charge in [-0.05, 0) is 62.0 Å². The maximum absolute atomic E-state index is 12.9. The summed E-state index contributed by atoms with van der Waals surface area (Å²) in [5.74, 6) is 3.61. The smallest absolute Gasteiger partial charge is 0.173 e. The molecule has 5 rings (SSSR count). The second kappa shape index (κ2) is 6.88. The Morgan fingerprint density at radius 2 is 1.90 bits per heavy atom. The number of Topliss-reactive ketones (excluding diaryl/α,β-unsaturated/α-hetero) is 1. The molecule has 0 N–H and O–H groups in total. The van der Waals surface area contributed by atoms with Crippen LogP contribution in [0.2, 0.25) is 0 Å². The van der Waals surface area contributed by atoms with Crippen molar-refractivity contribution in [3.63, 3.8) is 0 Å². The first-order chi connectivity index (χ1) is 14.0. The zero-order valence-electron chi connectivity index (χ0n) is 17.5. The molecule has 4 nitrogen and oxygen atoms in total. The Morgan fingerprint density at radius 3 is 2.66 bits per heavy atom. The molecule has 0 aromatic heterocycles. The molecule has 1 aliphatic heterocycles. The molecular weight excluding hydrogens is 362 g/mol. The Kier molecular flexibility index (Phi) is 4.43. The maximum Gasteiger partial charge on any atom is 0.173 e. The lowest BCUT2D eigenvalue weighted by molar-refractivity contribution is -0.130. The van der Waals surface area contributed by atoms with Crippen molar-refractivity contribution < 1.29 is 14.3 Å². The van der Waals surface area contributed by atoms with E-state index in [1.165, 1.54) is 11.1 Å². The van der Waals surface area contributed by atoms with Gasteiger partial charge in [0.2, 0.25) is 0 Å². The molecule has 2 aliphatic carbocycles. The van der Waals surface area contributed by atoms with Crippen LogP contribution < -0.4 is 9.47 Å². The molecule has 2 aromatic carbocycles. The number of carbonyl (C=O) groups excluding carboxylic acids is 1. The highest BCUT2D eigenvalue weighted by atomic mass is 16.5. The van der Waals surface area contributed by atoms with Crippen LogP contribution in [0.1, 0.15) is 37.3 Å². The zero-order chi connectivity index (χ0) is 20.2. The Hall–Kier alpha value is -2.33. The number of piperidine rings is 1. The first-order valence-electron chi connectivity index (χ1n) is 10.7. The molecule has 152 valence electrons. The standard InChI is InChI=1S/C25H29NO3/c1-16-13-18(27)15-25-11-12-26(2)20(22(16)25)14-17-9-10-21(28-3)24(23(17)25)29-19-7-5-4-6-8-19/h4-10,16,20,22H,11-15H2,1-3H3/t16-,20-,22+,25-/m1/s1. The number of nitrogens with zero attached hydrogens (tertiary/aromatic N) is 1. The summed E-state index contributed by atoms with van der Waals surface area (Å²) in [7, 11) is 3.94. The monoisotopic (exact) mass is 391 g/mol. The Bertz CT molecular complexity index is 941. The van der Waals surface area contributed by atoms with Gasteiger partial charge in [0.1, 0.15) is 11.5 Å². The number of methoxy groups -OCH3 is 1. The van der Waals surface area contributed by atoms with Crippen LogP contribution in [0.5, 0.6) is 17.2 Å². The van der Waals surface area contributed by atoms with Crippen molar-refractivity contribution in [2.24, 2.45) is 11.8 Å². The van der Waals surface area contributed by atoms with Gasteiger partial charge in [-0.3, -0.25) is 4.79 Å². The third-order valence-electron chi connectivity index (χ3n) is 7.52. The fraction of sp³-hybridized carbons (Fsp3) is 0.480. The zero-order valence-corrected chi connectivity index (χ0v) is 17.5. The van der Waals surface area contributed by atoms with E-state index in [9.17, 15) is 4.79 Å². The number of carbonyl (C=O) groups is 1. The summed E-state index contributed by atoms with van der Waals surface area (Å²) in [6.07, 6.45) is 3.32. The predicted octanol–water partition coefficient (Wildman–Crippen LogP) is 4.60. The normalized spacial score (nSPS) is 31.0. The summed E-state index contributed by atoms with van der Waals surface area (Å²) in [6, 6.07) is 14.6. The van der Waals surface area contributed by atoms with Crippen LogP contribution in [-0.4, -0.2) is 37.4 Å². The van der Waals surface area contributed by atoms with Gasteiger partial charge in [0.05, 0.1) is 7.11 Å². The topological polar surface area (TPSA) is 38.8 Å². The summed E-state index contributed by atoms with van der Waals surface area (Å²) in [4.78, 5) is 15.4. The average Bonchev–Trinajstić information content (AvgIpc) is 2.71. The van der Waals surface area contributed by atoms with Gasteiger partial charge in [0.15, 0.2) is 11.5 Å². The summed E-state index contributed by atoms with van der Waals surface area (Å²) in [5, 5.41) is 0. The first-order valence-corrected chi connectivity index (χ1v) is 10.7.